The Kier molecular flexibility index (Phi) is 7.64. The van der Waals surface area contributed by atoms with E-state index in [1.54, 1.807) is 0 Å². The molecule has 0 spiro atoms. The van der Waals surface area contributed by atoms with Gasteiger partial charge in [-0.15, -0.1) is 11.3 Å². The van der Waals surface area contributed by atoms with Crippen molar-refractivity contribution in [3.8, 4) is 22.1 Å². The third-order valence-corrected chi connectivity index (χ3v) is 5.15. The molecule has 0 aliphatic heterocycles. The van der Waals surface area contributed by atoms with E-state index in [0.29, 0.717) is 24.7 Å². The third kappa shape index (κ3) is 5.81. The molecule has 1 amide bonds. The second-order valence-electron chi connectivity index (χ2n) is 6.50. The molecule has 152 valence electrons. The smallest absolute Gasteiger partial charge is 0.230 e. The highest BCUT2D eigenvalue weighted by atomic mass is 32.1. The number of aromatic nitrogens is 1. The topological polar surface area (TPSA) is 60.5 Å². The van der Waals surface area contributed by atoms with E-state index in [2.05, 4.69) is 17.2 Å². The summed E-state index contributed by atoms with van der Waals surface area (Å²) in [5.74, 6) is 1.38. The first-order valence-corrected chi connectivity index (χ1v) is 10.8. The number of rotatable bonds is 10. The van der Waals surface area contributed by atoms with E-state index in [9.17, 15) is 4.79 Å². The van der Waals surface area contributed by atoms with Gasteiger partial charge in [0, 0.05) is 5.38 Å². The first-order chi connectivity index (χ1) is 14.2. The van der Waals surface area contributed by atoms with Gasteiger partial charge in [0.25, 0.3) is 0 Å². The van der Waals surface area contributed by atoms with Crippen LogP contribution in [0.25, 0.3) is 10.6 Å². The number of para-hydroxylation sites is 3. The summed E-state index contributed by atoms with van der Waals surface area (Å²) in [6.07, 6.45) is 2.25. The van der Waals surface area contributed by atoms with Crippen LogP contribution in [0.3, 0.4) is 0 Å². The number of amides is 1. The minimum absolute atomic E-state index is 0.119. The van der Waals surface area contributed by atoms with Gasteiger partial charge >= 0.3 is 0 Å². The predicted octanol–water partition coefficient (Wildman–Crippen LogP) is 5.57. The lowest BCUT2D eigenvalue weighted by molar-refractivity contribution is -0.115. The van der Waals surface area contributed by atoms with E-state index >= 15 is 0 Å². The molecule has 0 bridgehead atoms. The van der Waals surface area contributed by atoms with Crippen molar-refractivity contribution in [3.05, 3.63) is 59.6 Å². The SMILES string of the molecule is CCCCOc1ccccc1NC(=O)Cc1csc(-c2ccccc2OCC)n1. The summed E-state index contributed by atoms with van der Waals surface area (Å²) in [4.78, 5) is 17.2. The summed E-state index contributed by atoms with van der Waals surface area (Å²) in [6.45, 7) is 5.31. The zero-order chi connectivity index (χ0) is 20.5. The van der Waals surface area contributed by atoms with Crippen molar-refractivity contribution in [2.45, 2.75) is 33.1 Å². The fourth-order valence-corrected chi connectivity index (χ4v) is 3.67. The molecule has 6 heteroatoms. The van der Waals surface area contributed by atoms with Crippen molar-refractivity contribution in [3.63, 3.8) is 0 Å². The number of unbranched alkanes of at least 4 members (excludes halogenated alkanes) is 1. The number of hydrogen-bond acceptors (Lipinski definition) is 5. The van der Waals surface area contributed by atoms with Gasteiger partial charge in [-0.1, -0.05) is 37.6 Å². The van der Waals surface area contributed by atoms with E-state index in [-0.39, 0.29) is 12.3 Å². The minimum atomic E-state index is -0.119. The Bertz CT molecular complexity index is 939. The van der Waals surface area contributed by atoms with Gasteiger partial charge in [0.1, 0.15) is 16.5 Å². The van der Waals surface area contributed by atoms with E-state index in [1.165, 1.54) is 11.3 Å². The predicted molar refractivity (Wildman–Crippen MR) is 118 cm³/mol. The molecule has 2 aromatic carbocycles. The number of carbonyl (C=O) groups excluding carboxylic acids is 1. The number of anilines is 1. The molecule has 0 saturated carbocycles. The molecular weight excluding hydrogens is 384 g/mol. The van der Waals surface area contributed by atoms with Crippen LogP contribution in [-0.2, 0) is 11.2 Å². The van der Waals surface area contributed by atoms with Gasteiger partial charge in [0.2, 0.25) is 5.91 Å². The van der Waals surface area contributed by atoms with Crippen molar-refractivity contribution >= 4 is 22.9 Å². The molecule has 0 fully saturated rings. The summed E-state index contributed by atoms with van der Waals surface area (Å²) in [5.41, 5.74) is 2.37. The molecule has 0 radical (unpaired) electrons. The lowest BCUT2D eigenvalue weighted by Gasteiger charge is -2.12. The summed E-state index contributed by atoms with van der Waals surface area (Å²) in [5, 5.41) is 5.71. The van der Waals surface area contributed by atoms with Crippen LogP contribution in [0.1, 0.15) is 32.4 Å². The van der Waals surface area contributed by atoms with E-state index < -0.39 is 0 Å². The second-order valence-corrected chi connectivity index (χ2v) is 7.35. The summed E-state index contributed by atoms with van der Waals surface area (Å²) in [7, 11) is 0. The molecular formula is C23H26N2O3S. The Morgan fingerprint density at radius 3 is 2.59 bits per heavy atom. The van der Waals surface area contributed by atoms with Crippen LogP contribution in [-0.4, -0.2) is 24.1 Å². The molecule has 1 aromatic heterocycles. The Balaban J connectivity index is 1.66. The highest BCUT2D eigenvalue weighted by Crippen LogP contribution is 2.32. The monoisotopic (exact) mass is 410 g/mol. The standard InChI is InChI=1S/C23H26N2O3S/c1-3-5-14-28-21-13-9-7-11-19(21)25-22(26)15-17-16-29-23(24-17)18-10-6-8-12-20(18)27-4-2/h6-13,16H,3-5,14-15H2,1-2H3,(H,25,26). The minimum Gasteiger partial charge on any atom is -0.493 e. The number of benzene rings is 2. The molecule has 0 saturated heterocycles. The lowest BCUT2D eigenvalue weighted by atomic mass is 10.2. The van der Waals surface area contributed by atoms with Gasteiger partial charge in [0.05, 0.1) is 36.6 Å². The van der Waals surface area contributed by atoms with Crippen LogP contribution < -0.4 is 14.8 Å². The number of thiazole rings is 1. The Hall–Kier alpha value is -2.86. The van der Waals surface area contributed by atoms with Gasteiger partial charge in [0.15, 0.2) is 0 Å². The van der Waals surface area contributed by atoms with Crippen molar-refractivity contribution in [1.82, 2.24) is 4.98 Å². The van der Waals surface area contributed by atoms with Crippen molar-refractivity contribution in [2.75, 3.05) is 18.5 Å². The van der Waals surface area contributed by atoms with Crippen molar-refractivity contribution < 1.29 is 14.3 Å². The molecule has 3 aromatic rings. The third-order valence-electron chi connectivity index (χ3n) is 4.23. The summed E-state index contributed by atoms with van der Waals surface area (Å²) >= 11 is 1.51. The van der Waals surface area contributed by atoms with E-state index in [1.807, 2.05) is 60.8 Å². The van der Waals surface area contributed by atoms with E-state index in [0.717, 1.165) is 34.9 Å². The van der Waals surface area contributed by atoms with Crippen LogP contribution in [0.5, 0.6) is 11.5 Å². The molecule has 1 N–H and O–H groups in total. The highest BCUT2D eigenvalue weighted by molar-refractivity contribution is 7.13. The normalized spacial score (nSPS) is 10.6. The van der Waals surface area contributed by atoms with Gasteiger partial charge < -0.3 is 14.8 Å². The molecule has 3 rings (SSSR count). The number of nitrogens with one attached hydrogen (secondary N) is 1. The zero-order valence-corrected chi connectivity index (χ0v) is 17.6. The van der Waals surface area contributed by atoms with Gasteiger partial charge in [-0.3, -0.25) is 4.79 Å². The number of nitrogens with zero attached hydrogens (tertiary/aromatic N) is 1. The van der Waals surface area contributed by atoms with Crippen molar-refractivity contribution in [1.29, 1.82) is 0 Å². The lowest BCUT2D eigenvalue weighted by Crippen LogP contribution is -2.15. The molecule has 0 aliphatic rings. The second kappa shape index (κ2) is 10.6. The van der Waals surface area contributed by atoms with Crippen molar-refractivity contribution in [2.24, 2.45) is 0 Å². The summed E-state index contributed by atoms with van der Waals surface area (Å²) < 4.78 is 11.5. The molecule has 1 heterocycles. The van der Waals surface area contributed by atoms with Crippen LogP contribution >= 0.6 is 11.3 Å². The number of hydrogen-bond donors (Lipinski definition) is 1. The average molecular weight is 411 g/mol. The van der Waals surface area contributed by atoms with E-state index in [4.69, 9.17) is 9.47 Å². The maximum atomic E-state index is 12.6. The fourth-order valence-electron chi connectivity index (χ4n) is 2.82. The largest absolute Gasteiger partial charge is 0.493 e. The molecule has 0 aliphatic carbocycles. The average Bonchev–Trinajstić information content (AvgIpc) is 3.18. The Morgan fingerprint density at radius 2 is 1.79 bits per heavy atom. The first-order valence-electron chi connectivity index (χ1n) is 9.89. The Morgan fingerprint density at radius 1 is 1.03 bits per heavy atom. The molecule has 0 atom stereocenters. The zero-order valence-electron chi connectivity index (χ0n) is 16.8. The highest BCUT2D eigenvalue weighted by Gasteiger charge is 2.13. The quantitative estimate of drug-likeness (QED) is 0.444. The molecule has 0 unspecified atom stereocenters. The maximum absolute atomic E-state index is 12.6. The van der Waals surface area contributed by atoms with Gasteiger partial charge in [-0.25, -0.2) is 4.98 Å². The fraction of sp³-hybridized carbons (Fsp3) is 0.304. The van der Waals surface area contributed by atoms with Gasteiger partial charge in [-0.2, -0.15) is 0 Å². The first kappa shape index (κ1) is 20.9. The summed E-state index contributed by atoms with van der Waals surface area (Å²) in [6, 6.07) is 15.3. The Labute approximate surface area is 175 Å². The van der Waals surface area contributed by atoms with Crippen LogP contribution in [0.15, 0.2) is 53.9 Å². The van der Waals surface area contributed by atoms with Gasteiger partial charge in [-0.05, 0) is 37.6 Å². The maximum Gasteiger partial charge on any atom is 0.230 e. The van der Waals surface area contributed by atoms with Crippen LogP contribution in [0, 0.1) is 0 Å². The number of carbonyl (C=O) groups is 1. The van der Waals surface area contributed by atoms with Crippen LogP contribution in [0.2, 0.25) is 0 Å². The number of ether oxygens (including phenoxy) is 2. The molecule has 29 heavy (non-hydrogen) atoms. The molecule has 5 nitrogen and oxygen atoms in total. The van der Waals surface area contributed by atoms with Crippen LogP contribution in [0.4, 0.5) is 5.69 Å².